The van der Waals surface area contributed by atoms with Crippen LogP contribution in [0.4, 0.5) is 0 Å². The van der Waals surface area contributed by atoms with Gasteiger partial charge in [0.05, 0.1) is 18.3 Å². The van der Waals surface area contributed by atoms with Crippen molar-refractivity contribution >= 4 is 38.8 Å². The van der Waals surface area contributed by atoms with E-state index in [1.54, 1.807) is 6.07 Å². The Morgan fingerprint density at radius 1 is 1.42 bits per heavy atom. The number of sulfonamides is 1. The number of aliphatic carboxylic acids is 1. The topological polar surface area (TPSA) is 129 Å². The second kappa shape index (κ2) is 5.17. The van der Waals surface area contributed by atoms with Gasteiger partial charge in [-0.2, -0.15) is 13.5 Å². The van der Waals surface area contributed by atoms with E-state index < -0.39 is 28.6 Å². The fourth-order valence-corrected chi connectivity index (χ4v) is 3.36. The minimum Gasteiger partial charge on any atom is -0.480 e. The van der Waals surface area contributed by atoms with E-state index in [-0.39, 0.29) is 10.4 Å². The number of rotatable bonds is 5. The molecule has 2 aromatic rings. The summed E-state index contributed by atoms with van der Waals surface area (Å²) in [6, 6.07) is 2.76. The molecule has 1 aromatic carbocycles. The molecule has 1 aromatic heterocycles. The summed E-state index contributed by atoms with van der Waals surface area (Å²) in [4.78, 5) is 10.6. The molecule has 10 heteroatoms. The number of carbonyl (C=O) groups is 1. The van der Waals surface area contributed by atoms with Crippen LogP contribution in [0.3, 0.4) is 0 Å². The molecular formula is C9H9N3O5S2. The van der Waals surface area contributed by atoms with Gasteiger partial charge >= 0.3 is 5.97 Å². The van der Waals surface area contributed by atoms with E-state index in [2.05, 4.69) is 8.75 Å². The molecule has 0 saturated heterocycles. The van der Waals surface area contributed by atoms with Crippen LogP contribution >= 0.6 is 11.7 Å². The lowest BCUT2D eigenvalue weighted by atomic mass is 10.3. The lowest BCUT2D eigenvalue weighted by Crippen LogP contribution is -2.43. The van der Waals surface area contributed by atoms with Crippen molar-refractivity contribution in [2.45, 2.75) is 10.9 Å². The average Bonchev–Trinajstić information content (AvgIpc) is 2.83. The second-order valence-corrected chi connectivity index (χ2v) is 5.79. The van der Waals surface area contributed by atoms with E-state index in [1.807, 2.05) is 4.72 Å². The molecule has 3 N–H and O–H groups in total. The number of nitrogens with one attached hydrogen (secondary N) is 1. The SMILES string of the molecule is O=C(O)C(CO)NS(=O)(=O)c1cccc2nsnc12. The molecule has 0 radical (unpaired) electrons. The number of carboxylic acids is 1. The summed E-state index contributed by atoms with van der Waals surface area (Å²) in [6.45, 7) is -0.847. The summed E-state index contributed by atoms with van der Waals surface area (Å²) in [5.74, 6) is -1.46. The Morgan fingerprint density at radius 3 is 2.79 bits per heavy atom. The van der Waals surface area contributed by atoms with E-state index in [9.17, 15) is 13.2 Å². The van der Waals surface area contributed by atoms with Crippen molar-refractivity contribution in [3.63, 3.8) is 0 Å². The van der Waals surface area contributed by atoms with Crippen LogP contribution in [0.2, 0.25) is 0 Å². The summed E-state index contributed by atoms with van der Waals surface area (Å²) < 4.78 is 33.8. The highest BCUT2D eigenvalue weighted by molar-refractivity contribution is 7.89. The van der Waals surface area contributed by atoms with Crippen LogP contribution in [0.25, 0.3) is 11.0 Å². The van der Waals surface area contributed by atoms with E-state index in [4.69, 9.17) is 10.2 Å². The predicted molar refractivity (Wildman–Crippen MR) is 66.2 cm³/mol. The van der Waals surface area contributed by atoms with Gasteiger partial charge in [-0.15, -0.1) is 0 Å². The molecule has 0 aliphatic rings. The van der Waals surface area contributed by atoms with Crippen molar-refractivity contribution < 1.29 is 23.4 Å². The van der Waals surface area contributed by atoms with Gasteiger partial charge in [-0.05, 0) is 12.1 Å². The van der Waals surface area contributed by atoms with Crippen molar-refractivity contribution in [1.29, 1.82) is 0 Å². The van der Waals surface area contributed by atoms with E-state index >= 15 is 0 Å². The lowest BCUT2D eigenvalue weighted by Gasteiger charge is -2.12. The smallest absolute Gasteiger partial charge is 0.324 e. The van der Waals surface area contributed by atoms with E-state index in [0.717, 1.165) is 11.7 Å². The van der Waals surface area contributed by atoms with Gasteiger partial charge < -0.3 is 10.2 Å². The summed E-state index contributed by atoms with van der Waals surface area (Å²) in [5, 5.41) is 17.6. The standard InChI is InChI=1S/C9H9N3O5S2/c13-4-6(9(14)15)12-19(16,17)7-3-1-2-5-8(7)11-18-10-5/h1-3,6,12-13H,4H2,(H,14,15). The fourth-order valence-electron chi connectivity index (χ4n) is 1.41. The summed E-state index contributed by atoms with van der Waals surface area (Å²) >= 11 is 0.856. The van der Waals surface area contributed by atoms with Crippen LogP contribution in [0.5, 0.6) is 0 Å². The molecular weight excluding hydrogens is 294 g/mol. The Labute approximate surface area is 112 Å². The van der Waals surface area contributed by atoms with Crippen molar-refractivity contribution in [3.05, 3.63) is 18.2 Å². The monoisotopic (exact) mass is 303 g/mol. The van der Waals surface area contributed by atoms with E-state index in [1.165, 1.54) is 12.1 Å². The maximum atomic E-state index is 12.1. The van der Waals surface area contributed by atoms with Crippen molar-refractivity contribution in [2.75, 3.05) is 6.61 Å². The number of carboxylic acid groups (broad SMARTS) is 1. The Balaban J connectivity index is 2.45. The number of nitrogens with zero attached hydrogens (tertiary/aromatic N) is 2. The summed E-state index contributed by atoms with van der Waals surface area (Å²) in [6.07, 6.45) is 0. The largest absolute Gasteiger partial charge is 0.480 e. The summed E-state index contributed by atoms with van der Waals surface area (Å²) in [7, 11) is -4.10. The van der Waals surface area contributed by atoms with Gasteiger partial charge in [-0.25, -0.2) is 8.42 Å². The van der Waals surface area contributed by atoms with Crippen molar-refractivity contribution in [2.24, 2.45) is 0 Å². The fraction of sp³-hybridized carbons (Fsp3) is 0.222. The lowest BCUT2D eigenvalue weighted by molar-refractivity contribution is -0.139. The Bertz CT molecular complexity index is 711. The molecule has 1 unspecified atom stereocenters. The molecule has 0 fully saturated rings. The third-order valence-corrected chi connectivity index (χ3v) is 4.36. The predicted octanol–water partition coefficient (Wildman–Crippen LogP) is -0.585. The molecule has 0 bridgehead atoms. The number of fused-ring (bicyclic) bond motifs is 1. The first-order valence-corrected chi connectivity index (χ1v) is 7.24. The minimum absolute atomic E-state index is 0.168. The molecule has 1 heterocycles. The number of hydrogen-bond donors (Lipinski definition) is 3. The number of hydrogen-bond acceptors (Lipinski definition) is 7. The van der Waals surface area contributed by atoms with Crippen LogP contribution in [-0.2, 0) is 14.8 Å². The quantitative estimate of drug-likeness (QED) is 0.673. The van der Waals surface area contributed by atoms with Crippen LogP contribution in [-0.4, -0.2) is 46.0 Å². The Kier molecular flexibility index (Phi) is 3.75. The third kappa shape index (κ3) is 2.71. The van der Waals surface area contributed by atoms with Gasteiger partial charge in [0.2, 0.25) is 10.0 Å². The highest BCUT2D eigenvalue weighted by atomic mass is 32.2. The van der Waals surface area contributed by atoms with Gasteiger partial charge in [0.25, 0.3) is 0 Å². The van der Waals surface area contributed by atoms with Crippen LogP contribution in [0.15, 0.2) is 23.1 Å². The first-order valence-electron chi connectivity index (χ1n) is 5.03. The molecule has 0 saturated carbocycles. The minimum atomic E-state index is -4.10. The van der Waals surface area contributed by atoms with Crippen LogP contribution < -0.4 is 4.72 Å². The Hall–Kier alpha value is -1.62. The number of aromatic nitrogens is 2. The molecule has 102 valence electrons. The summed E-state index contributed by atoms with van der Waals surface area (Å²) in [5.41, 5.74) is 0.575. The number of aliphatic hydroxyl groups is 1. The first kappa shape index (κ1) is 13.8. The zero-order valence-electron chi connectivity index (χ0n) is 9.35. The van der Waals surface area contributed by atoms with Gasteiger partial charge in [-0.3, -0.25) is 4.79 Å². The molecule has 0 amide bonds. The van der Waals surface area contributed by atoms with Gasteiger partial charge in [-0.1, -0.05) is 6.07 Å². The second-order valence-electron chi connectivity index (χ2n) is 3.58. The normalized spacial score (nSPS) is 13.5. The highest BCUT2D eigenvalue weighted by Gasteiger charge is 2.26. The van der Waals surface area contributed by atoms with Gasteiger partial charge in [0.15, 0.2) is 0 Å². The first-order chi connectivity index (χ1) is 8.95. The highest BCUT2D eigenvalue weighted by Crippen LogP contribution is 2.21. The molecule has 8 nitrogen and oxygen atoms in total. The van der Waals surface area contributed by atoms with Crippen molar-refractivity contribution in [1.82, 2.24) is 13.5 Å². The molecule has 1 atom stereocenters. The maximum Gasteiger partial charge on any atom is 0.324 e. The number of aliphatic hydroxyl groups excluding tert-OH is 1. The molecule has 19 heavy (non-hydrogen) atoms. The van der Waals surface area contributed by atoms with Gasteiger partial charge in [0, 0.05) is 0 Å². The zero-order valence-corrected chi connectivity index (χ0v) is 11.0. The molecule has 0 aliphatic heterocycles. The average molecular weight is 303 g/mol. The Morgan fingerprint density at radius 2 is 2.16 bits per heavy atom. The van der Waals surface area contributed by atoms with Crippen molar-refractivity contribution in [3.8, 4) is 0 Å². The zero-order chi connectivity index (χ0) is 14.0. The number of benzene rings is 1. The molecule has 0 aliphatic carbocycles. The third-order valence-electron chi connectivity index (χ3n) is 2.32. The van der Waals surface area contributed by atoms with Gasteiger partial charge in [0.1, 0.15) is 22.0 Å². The molecule has 0 spiro atoms. The maximum absolute atomic E-state index is 12.1. The van der Waals surface area contributed by atoms with E-state index in [0.29, 0.717) is 5.52 Å². The van der Waals surface area contributed by atoms with Crippen LogP contribution in [0.1, 0.15) is 0 Å². The molecule has 2 rings (SSSR count). The van der Waals surface area contributed by atoms with Crippen LogP contribution in [0, 0.1) is 0 Å².